The molecule has 7 rings (SSSR count). The number of fused-ring (bicyclic) bond motifs is 3. The molecule has 2 atom stereocenters. The maximum absolute atomic E-state index is 10.6. The summed E-state index contributed by atoms with van der Waals surface area (Å²) >= 11 is 1.64. The van der Waals surface area contributed by atoms with Crippen molar-refractivity contribution < 1.29 is 46.1 Å². The van der Waals surface area contributed by atoms with Gasteiger partial charge in [-0.25, -0.2) is 14.1 Å². The van der Waals surface area contributed by atoms with Gasteiger partial charge in [-0.05, 0) is 49.9 Å². The maximum Gasteiger partial charge on any atom is 0.490 e. The lowest BCUT2D eigenvalue weighted by atomic mass is 10.2. The number of aromatic nitrogens is 5. The van der Waals surface area contributed by atoms with E-state index in [-0.39, 0.29) is 0 Å². The Morgan fingerprint density at radius 1 is 0.958 bits per heavy atom. The van der Waals surface area contributed by atoms with Gasteiger partial charge in [-0.3, -0.25) is 4.98 Å². The summed E-state index contributed by atoms with van der Waals surface area (Å²) in [5.74, 6) is -5.51. The van der Waals surface area contributed by atoms with Gasteiger partial charge in [0, 0.05) is 43.1 Å². The first kappa shape index (κ1) is 34.3. The van der Waals surface area contributed by atoms with Crippen LogP contribution in [0.4, 0.5) is 37.2 Å². The number of anilines is 2. The Bertz CT molecular complexity index is 1820. The molecule has 4 aromatic rings. The quantitative estimate of drug-likeness (QED) is 0.214. The van der Waals surface area contributed by atoms with Crippen LogP contribution in [0.25, 0.3) is 27.5 Å². The lowest BCUT2D eigenvalue weighted by Crippen LogP contribution is -2.51. The van der Waals surface area contributed by atoms with Gasteiger partial charge in [0.1, 0.15) is 6.07 Å². The van der Waals surface area contributed by atoms with E-state index in [0.29, 0.717) is 23.7 Å². The summed E-state index contributed by atoms with van der Waals surface area (Å²) in [6.07, 6.45) is -1.85. The average Bonchev–Trinajstić information content (AvgIpc) is 3.39. The number of halogens is 6. The van der Waals surface area contributed by atoms with Crippen molar-refractivity contribution in [2.24, 2.45) is 0 Å². The van der Waals surface area contributed by atoms with Crippen LogP contribution in [0.5, 0.6) is 0 Å². The number of rotatable bonds is 5. The van der Waals surface area contributed by atoms with Crippen molar-refractivity contribution in [2.75, 3.05) is 23.3 Å². The molecule has 20 heteroatoms. The molecule has 1 aliphatic carbocycles. The highest BCUT2D eigenvalue weighted by atomic mass is 32.1. The second-order valence-corrected chi connectivity index (χ2v) is 11.9. The van der Waals surface area contributed by atoms with Gasteiger partial charge < -0.3 is 25.7 Å². The third-order valence-electron chi connectivity index (χ3n) is 7.35. The first-order valence-corrected chi connectivity index (χ1v) is 15.0. The van der Waals surface area contributed by atoms with Crippen LogP contribution in [0.3, 0.4) is 0 Å². The molecule has 48 heavy (non-hydrogen) atoms. The van der Waals surface area contributed by atoms with Crippen LogP contribution in [0.15, 0.2) is 36.7 Å². The fraction of sp³-hybridized carbons (Fsp3) is 0.393. The van der Waals surface area contributed by atoms with E-state index in [4.69, 9.17) is 30.0 Å². The highest BCUT2D eigenvalue weighted by molar-refractivity contribution is 7.18. The molecule has 1 saturated carbocycles. The van der Waals surface area contributed by atoms with Crippen LogP contribution in [0.1, 0.15) is 31.2 Å². The van der Waals surface area contributed by atoms with Crippen LogP contribution in [0, 0.1) is 11.3 Å². The number of nitrogens with one attached hydrogen (secondary N) is 2. The number of carboxylic acids is 2. The summed E-state index contributed by atoms with van der Waals surface area (Å²) in [5, 5.41) is 46.2. The van der Waals surface area contributed by atoms with Gasteiger partial charge in [-0.1, -0.05) is 11.3 Å². The van der Waals surface area contributed by atoms with E-state index in [2.05, 4.69) is 43.0 Å². The number of hydrogen-bond donors (Lipinski definition) is 4. The minimum Gasteiger partial charge on any atom is -0.475 e. The van der Waals surface area contributed by atoms with Crippen LogP contribution in [-0.2, 0) is 9.59 Å². The van der Waals surface area contributed by atoms with E-state index in [1.165, 1.54) is 25.7 Å². The monoisotopic (exact) mass is 697 g/mol. The second-order valence-electron chi connectivity index (χ2n) is 11.0. The first-order chi connectivity index (χ1) is 22.6. The smallest absolute Gasteiger partial charge is 0.475 e. The molecule has 2 bridgehead atoms. The lowest BCUT2D eigenvalue weighted by Gasteiger charge is -2.32. The molecule has 2 aliphatic heterocycles. The Morgan fingerprint density at radius 2 is 1.58 bits per heavy atom. The molecular formula is C28H25F6N9O4S. The molecule has 0 aromatic carbocycles. The zero-order valence-corrected chi connectivity index (χ0v) is 25.3. The number of carbonyl (C=O) groups is 2. The molecule has 3 fully saturated rings. The molecule has 0 amide bonds. The van der Waals surface area contributed by atoms with Crippen molar-refractivity contribution in [1.82, 2.24) is 30.1 Å². The Hall–Kier alpha value is -5.03. The molecule has 254 valence electrons. The van der Waals surface area contributed by atoms with E-state index in [1.54, 1.807) is 17.5 Å². The van der Waals surface area contributed by atoms with Gasteiger partial charge in [-0.2, -0.15) is 36.7 Å². The highest BCUT2D eigenvalue weighted by Gasteiger charge is 2.39. The lowest BCUT2D eigenvalue weighted by molar-refractivity contribution is -0.193. The molecule has 4 aromatic heterocycles. The van der Waals surface area contributed by atoms with E-state index in [1.807, 2.05) is 28.9 Å². The van der Waals surface area contributed by atoms with Gasteiger partial charge in [-0.15, -0.1) is 10.2 Å². The summed E-state index contributed by atoms with van der Waals surface area (Å²) in [6.45, 7) is 1.99. The second kappa shape index (κ2) is 13.6. The fourth-order valence-electron chi connectivity index (χ4n) is 4.99. The fourth-order valence-corrected chi connectivity index (χ4v) is 5.88. The van der Waals surface area contributed by atoms with Crippen LogP contribution in [-0.4, -0.2) is 90.5 Å². The SMILES string of the molecule is N#Cc1cnn2c(-c3cc(NC4CC4)c(-c4nnc(N5CC6CCC(C5)N6)s4)cn3)ccc2c1.O=C(O)C(F)(F)F.O=C(O)C(F)(F)F. The van der Waals surface area contributed by atoms with Gasteiger partial charge in [0.2, 0.25) is 5.13 Å². The number of aliphatic carboxylic acids is 2. The minimum absolute atomic E-state index is 0.491. The van der Waals surface area contributed by atoms with Crippen molar-refractivity contribution in [3.63, 3.8) is 0 Å². The predicted molar refractivity (Wildman–Crippen MR) is 158 cm³/mol. The predicted octanol–water partition coefficient (Wildman–Crippen LogP) is 4.57. The topological polar surface area (TPSA) is 182 Å². The molecule has 2 unspecified atom stereocenters. The van der Waals surface area contributed by atoms with Crippen molar-refractivity contribution >= 4 is 39.6 Å². The van der Waals surface area contributed by atoms with Gasteiger partial charge in [0.25, 0.3) is 0 Å². The van der Waals surface area contributed by atoms with Crippen LogP contribution >= 0.6 is 11.3 Å². The third-order valence-corrected chi connectivity index (χ3v) is 8.37. The number of hydrogen-bond acceptors (Lipinski definition) is 11. The number of nitrogens with zero attached hydrogens (tertiary/aromatic N) is 7. The largest absolute Gasteiger partial charge is 0.490 e. The number of alkyl halides is 6. The maximum atomic E-state index is 10.6. The van der Waals surface area contributed by atoms with Crippen molar-refractivity contribution in [3.05, 3.63) is 42.2 Å². The van der Waals surface area contributed by atoms with Crippen LogP contribution in [0.2, 0.25) is 0 Å². The minimum atomic E-state index is -5.08. The normalized spacial score (nSPS) is 18.6. The van der Waals surface area contributed by atoms with E-state index < -0.39 is 24.3 Å². The number of pyridine rings is 1. The number of piperazine rings is 1. The van der Waals surface area contributed by atoms with Crippen molar-refractivity contribution in [2.45, 2.75) is 56.2 Å². The molecule has 0 spiro atoms. The van der Waals surface area contributed by atoms with Crippen molar-refractivity contribution in [3.8, 4) is 28.0 Å². The summed E-state index contributed by atoms with van der Waals surface area (Å²) in [6, 6.07) is 11.6. The van der Waals surface area contributed by atoms with Crippen molar-refractivity contribution in [1.29, 1.82) is 5.26 Å². The standard InChI is InChI=1S/C24H23N9S.2C2HF3O2/c25-9-14-7-18-5-6-22(33(18)27-10-14)21-8-20(29-15-1-2-15)19(11-26-21)23-30-31-24(34-23)32-12-16-3-4-17(13-32)28-16;2*3-2(4,5)1(6)7/h5-8,10-11,15-17,28H,1-4,12-13H2,(H,26,29);2*(H,6,7). The summed E-state index contributed by atoms with van der Waals surface area (Å²) in [4.78, 5) is 25.0. The van der Waals surface area contributed by atoms with Gasteiger partial charge in [0.05, 0.1) is 34.2 Å². The van der Waals surface area contributed by atoms with E-state index >= 15 is 0 Å². The molecule has 4 N–H and O–H groups in total. The Kier molecular flexibility index (Phi) is 9.72. The Balaban J connectivity index is 0.000000273. The molecule has 13 nitrogen and oxygen atoms in total. The highest BCUT2D eigenvalue weighted by Crippen LogP contribution is 2.38. The van der Waals surface area contributed by atoms with Crippen LogP contribution < -0.4 is 15.5 Å². The Labute approximate surface area is 270 Å². The molecule has 6 heterocycles. The van der Waals surface area contributed by atoms with E-state index in [9.17, 15) is 26.3 Å². The summed E-state index contributed by atoms with van der Waals surface area (Å²) < 4.78 is 65.3. The zero-order chi connectivity index (χ0) is 34.8. The average molecular weight is 698 g/mol. The zero-order valence-electron chi connectivity index (χ0n) is 24.5. The molecule has 2 saturated heterocycles. The number of carboxylic acid groups (broad SMARTS) is 2. The molecular weight excluding hydrogens is 672 g/mol. The molecule has 0 radical (unpaired) electrons. The molecule has 3 aliphatic rings. The third kappa shape index (κ3) is 8.27. The van der Waals surface area contributed by atoms with E-state index in [0.717, 1.165) is 51.4 Å². The van der Waals surface area contributed by atoms with Gasteiger partial charge >= 0.3 is 24.3 Å². The Morgan fingerprint density at radius 3 is 2.15 bits per heavy atom. The number of nitriles is 1. The van der Waals surface area contributed by atoms with Gasteiger partial charge in [0.15, 0.2) is 5.01 Å². The summed E-state index contributed by atoms with van der Waals surface area (Å²) in [5.41, 5.74) is 5.14. The summed E-state index contributed by atoms with van der Waals surface area (Å²) in [7, 11) is 0. The first-order valence-electron chi connectivity index (χ1n) is 14.2.